The van der Waals surface area contributed by atoms with E-state index in [4.69, 9.17) is 5.73 Å². The van der Waals surface area contributed by atoms with E-state index in [-0.39, 0.29) is 5.91 Å². The molecule has 112 valence electrons. The molecule has 2 rings (SSSR count). The minimum absolute atomic E-state index is 0.0955. The average Bonchev–Trinajstić information content (AvgIpc) is 2.85. The lowest BCUT2D eigenvalue weighted by Gasteiger charge is -2.33. The van der Waals surface area contributed by atoms with Gasteiger partial charge in [0.1, 0.15) is 0 Å². The van der Waals surface area contributed by atoms with Crippen molar-refractivity contribution in [2.45, 2.75) is 13.3 Å². The molecular formula is C13H23N5OS. The van der Waals surface area contributed by atoms with Gasteiger partial charge in [0.05, 0.1) is 12.2 Å². The zero-order chi connectivity index (χ0) is 14.4. The molecule has 0 saturated carbocycles. The van der Waals surface area contributed by atoms with Crippen LogP contribution in [0.2, 0.25) is 0 Å². The third-order valence-corrected chi connectivity index (χ3v) is 4.27. The van der Waals surface area contributed by atoms with Crippen molar-refractivity contribution in [3.63, 3.8) is 0 Å². The Hall–Kier alpha value is -1.18. The van der Waals surface area contributed by atoms with E-state index < -0.39 is 0 Å². The van der Waals surface area contributed by atoms with Crippen molar-refractivity contribution < 1.29 is 4.79 Å². The third-order valence-electron chi connectivity index (χ3n) is 3.55. The van der Waals surface area contributed by atoms with Gasteiger partial charge in [0.25, 0.3) is 0 Å². The summed E-state index contributed by atoms with van der Waals surface area (Å²) in [5.41, 5.74) is 6.51. The minimum atomic E-state index is 0.0955. The van der Waals surface area contributed by atoms with Crippen molar-refractivity contribution in [1.82, 2.24) is 20.1 Å². The Morgan fingerprint density at radius 3 is 2.70 bits per heavy atom. The lowest BCUT2D eigenvalue weighted by molar-refractivity contribution is -0.122. The molecule has 6 nitrogen and oxygen atoms in total. The number of carbonyl (C=O) groups excluding carboxylic acids is 1. The molecule has 1 aromatic heterocycles. The summed E-state index contributed by atoms with van der Waals surface area (Å²) in [7, 11) is 0. The minimum Gasteiger partial charge on any atom is -0.375 e. The van der Waals surface area contributed by atoms with Gasteiger partial charge in [0.15, 0.2) is 5.13 Å². The SMILES string of the molecule is CCN1CCN(CC(=O)NCCc2csc(N)n2)CC1. The van der Waals surface area contributed by atoms with E-state index in [1.165, 1.54) is 11.3 Å². The zero-order valence-corrected chi connectivity index (χ0v) is 12.8. The van der Waals surface area contributed by atoms with Crippen LogP contribution in [0.4, 0.5) is 5.13 Å². The Bertz CT molecular complexity index is 428. The van der Waals surface area contributed by atoms with Gasteiger partial charge in [-0.1, -0.05) is 6.92 Å². The zero-order valence-electron chi connectivity index (χ0n) is 12.0. The van der Waals surface area contributed by atoms with E-state index in [0.29, 0.717) is 18.2 Å². The van der Waals surface area contributed by atoms with Crippen molar-refractivity contribution in [1.29, 1.82) is 0 Å². The number of carbonyl (C=O) groups is 1. The standard InChI is InChI=1S/C13H23N5OS/c1-2-17-5-7-18(8-6-17)9-12(19)15-4-3-11-10-20-13(14)16-11/h10H,2-9H2,1H3,(H2,14,16)(H,15,19). The highest BCUT2D eigenvalue weighted by Crippen LogP contribution is 2.10. The van der Waals surface area contributed by atoms with Gasteiger partial charge in [-0.25, -0.2) is 4.98 Å². The first-order valence-electron chi connectivity index (χ1n) is 7.08. The number of likely N-dealkylation sites (N-methyl/N-ethyl adjacent to an activating group) is 1. The molecule has 7 heteroatoms. The maximum atomic E-state index is 11.8. The van der Waals surface area contributed by atoms with Crippen LogP contribution < -0.4 is 11.1 Å². The van der Waals surface area contributed by atoms with Crippen molar-refractivity contribution in [2.75, 3.05) is 51.5 Å². The predicted octanol–water partition coefficient (Wildman–Crippen LogP) is 0.0215. The summed E-state index contributed by atoms with van der Waals surface area (Å²) in [6.07, 6.45) is 0.739. The van der Waals surface area contributed by atoms with Crippen LogP contribution in [0, 0.1) is 0 Å². The molecule has 0 aromatic carbocycles. The van der Waals surface area contributed by atoms with E-state index >= 15 is 0 Å². The van der Waals surface area contributed by atoms with Crippen LogP contribution >= 0.6 is 11.3 Å². The van der Waals surface area contributed by atoms with Crippen LogP contribution in [0.1, 0.15) is 12.6 Å². The van der Waals surface area contributed by atoms with E-state index in [0.717, 1.165) is 44.8 Å². The Balaban J connectivity index is 1.61. The Kier molecular flexibility index (Phi) is 5.75. The maximum Gasteiger partial charge on any atom is 0.234 e. The van der Waals surface area contributed by atoms with Gasteiger partial charge in [-0.05, 0) is 6.54 Å². The first kappa shape index (κ1) is 15.2. The summed E-state index contributed by atoms with van der Waals surface area (Å²) in [4.78, 5) is 20.6. The molecule has 1 amide bonds. The number of aromatic nitrogens is 1. The molecule has 1 aliphatic rings. The summed E-state index contributed by atoms with van der Waals surface area (Å²) < 4.78 is 0. The van der Waals surface area contributed by atoms with Gasteiger partial charge < -0.3 is 16.0 Å². The highest BCUT2D eigenvalue weighted by atomic mass is 32.1. The van der Waals surface area contributed by atoms with Gasteiger partial charge >= 0.3 is 0 Å². The molecule has 0 spiro atoms. The normalized spacial score (nSPS) is 17.2. The Morgan fingerprint density at radius 1 is 1.40 bits per heavy atom. The third kappa shape index (κ3) is 4.73. The molecule has 1 saturated heterocycles. The summed E-state index contributed by atoms with van der Waals surface area (Å²) in [6.45, 7) is 8.45. The van der Waals surface area contributed by atoms with Crippen LogP contribution in [0.5, 0.6) is 0 Å². The molecule has 1 fully saturated rings. The number of anilines is 1. The van der Waals surface area contributed by atoms with Gasteiger partial charge in [-0.3, -0.25) is 9.69 Å². The monoisotopic (exact) mass is 297 g/mol. The number of piperazine rings is 1. The molecule has 3 N–H and O–H groups in total. The van der Waals surface area contributed by atoms with Crippen molar-refractivity contribution >= 4 is 22.4 Å². The van der Waals surface area contributed by atoms with Gasteiger partial charge in [-0.2, -0.15) is 0 Å². The highest BCUT2D eigenvalue weighted by molar-refractivity contribution is 7.13. The number of thiazole rings is 1. The topological polar surface area (TPSA) is 74.5 Å². The van der Waals surface area contributed by atoms with Crippen LogP contribution in [0.3, 0.4) is 0 Å². The number of amides is 1. The average molecular weight is 297 g/mol. The van der Waals surface area contributed by atoms with Crippen LogP contribution in [-0.2, 0) is 11.2 Å². The van der Waals surface area contributed by atoms with Gasteiger partial charge in [-0.15, -0.1) is 11.3 Å². The smallest absolute Gasteiger partial charge is 0.234 e. The lowest BCUT2D eigenvalue weighted by atomic mass is 10.3. The molecule has 0 unspecified atom stereocenters. The lowest BCUT2D eigenvalue weighted by Crippen LogP contribution is -2.49. The summed E-state index contributed by atoms with van der Waals surface area (Å²) >= 11 is 1.44. The predicted molar refractivity (Wildman–Crippen MR) is 81.8 cm³/mol. The van der Waals surface area contributed by atoms with Gasteiger partial charge in [0.2, 0.25) is 5.91 Å². The van der Waals surface area contributed by atoms with E-state index in [2.05, 4.69) is 27.0 Å². The first-order chi connectivity index (χ1) is 9.67. The maximum absolute atomic E-state index is 11.8. The fourth-order valence-electron chi connectivity index (χ4n) is 2.29. The molecule has 2 heterocycles. The summed E-state index contributed by atoms with van der Waals surface area (Å²) in [5, 5.41) is 5.46. The number of nitrogen functional groups attached to an aromatic ring is 1. The van der Waals surface area contributed by atoms with Crippen molar-refractivity contribution in [3.8, 4) is 0 Å². The van der Waals surface area contributed by atoms with E-state index in [1.54, 1.807) is 0 Å². The Morgan fingerprint density at radius 2 is 2.10 bits per heavy atom. The van der Waals surface area contributed by atoms with E-state index in [9.17, 15) is 4.79 Å². The number of hydrogen-bond acceptors (Lipinski definition) is 6. The second-order valence-electron chi connectivity index (χ2n) is 4.99. The Labute approximate surface area is 124 Å². The fraction of sp³-hybridized carbons (Fsp3) is 0.692. The largest absolute Gasteiger partial charge is 0.375 e. The second kappa shape index (κ2) is 7.56. The van der Waals surface area contributed by atoms with Crippen molar-refractivity contribution in [3.05, 3.63) is 11.1 Å². The number of nitrogens with one attached hydrogen (secondary N) is 1. The molecule has 0 bridgehead atoms. The van der Waals surface area contributed by atoms with Crippen LogP contribution in [0.25, 0.3) is 0 Å². The molecule has 20 heavy (non-hydrogen) atoms. The van der Waals surface area contributed by atoms with Gasteiger partial charge in [0, 0.05) is 44.5 Å². The number of hydrogen-bond donors (Lipinski definition) is 2. The summed E-state index contributed by atoms with van der Waals surface area (Å²) in [6, 6.07) is 0. The van der Waals surface area contributed by atoms with Crippen LogP contribution in [0.15, 0.2) is 5.38 Å². The number of nitrogens with two attached hydrogens (primary N) is 1. The van der Waals surface area contributed by atoms with E-state index in [1.807, 2.05) is 5.38 Å². The molecule has 0 radical (unpaired) electrons. The molecule has 1 aliphatic heterocycles. The molecular weight excluding hydrogens is 274 g/mol. The van der Waals surface area contributed by atoms with Crippen LogP contribution in [-0.4, -0.2) is 66.5 Å². The number of nitrogens with zero attached hydrogens (tertiary/aromatic N) is 3. The molecule has 1 aromatic rings. The summed E-state index contributed by atoms with van der Waals surface area (Å²) in [5.74, 6) is 0.0955. The molecule has 0 aliphatic carbocycles. The second-order valence-corrected chi connectivity index (χ2v) is 5.88. The fourth-order valence-corrected chi connectivity index (χ4v) is 2.89. The quantitative estimate of drug-likeness (QED) is 0.774. The highest BCUT2D eigenvalue weighted by Gasteiger charge is 2.17. The first-order valence-corrected chi connectivity index (χ1v) is 7.96. The molecule has 0 atom stereocenters. The van der Waals surface area contributed by atoms with Crippen molar-refractivity contribution in [2.24, 2.45) is 0 Å². The number of rotatable bonds is 6.